The summed E-state index contributed by atoms with van der Waals surface area (Å²) in [4.78, 5) is 10.3. The monoisotopic (exact) mass is 224 g/mol. The summed E-state index contributed by atoms with van der Waals surface area (Å²) >= 11 is 16.7. The van der Waals surface area contributed by atoms with Crippen molar-refractivity contribution in [2.24, 2.45) is 0 Å². The molecule has 1 rings (SSSR count). The van der Waals surface area contributed by atoms with E-state index in [1.165, 1.54) is 6.07 Å². The first-order valence-electron chi connectivity index (χ1n) is 2.89. The molecule has 0 saturated carbocycles. The Morgan fingerprint density at radius 2 is 1.83 bits per heavy atom. The van der Waals surface area contributed by atoms with E-state index in [0.29, 0.717) is 6.29 Å². The highest BCUT2D eigenvalue weighted by molar-refractivity contribution is 6.48. The second kappa shape index (κ2) is 3.52. The van der Waals surface area contributed by atoms with Gasteiger partial charge in [0.15, 0.2) is 6.29 Å². The van der Waals surface area contributed by atoms with E-state index in [0.717, 1.165) is 0 Å². The molecule has 0 unspecified atom stereocenters. The Hall–Kier alpha value is -0.440. The van der Waals surface area contributed by atoms with E-state index in [1.54, 1.807) is 0 Å². The number of aromatic hydroxyl groups is 1. The zero-order chi connectivity index (χ0) is 9.30. The number of rotatable bonds is 1. The van der Waals surface area contributed by atoms with Gasteiger partial charge in [0.25, 0.3) is 0 Å². The van der Waals surface area contributed by atoms with Gasteiger partial charge in [-0.2, -0.15) is 0 Å². The van der Waals surface area contributed by atoms with Crippen LogP contribution in [0.5, 0.6) is 5.75 Å². The molecule has 0 heterocycles. The van der Waals surface area contributed by atoms with Crippen LogP contribution in [0.3, 0.4) is 0 Å². The van der Waals surface area contributed by atoms with Crippen LogP contribution in [0.25, 0.3) is 0 Å². The van der Waals surface area contributed by atoms with Crippen molar-refractivity contribution in [1.82, 2.24) is 0 Å². The van der Waals surface area contributed by atoms with Crippen LogP contribution in [0, 0.1) is 0 Å². The lowest BCUT2D eigenvalue weighted by Crippen LogP contribution is -1.84. The minimum Gasteiger partial charge on any atom is -0.506 e. The molecule has 0 amide bonds. The SMILES string of the molecule is O=Cc1cc(Cl)c(Cl)c(Cl)c1O. The number of hydrogen-bond donors (Lipinski definition) is 1. The van der Waals surface area contributed by atoms with Gasteiger partial charge in [-0.15, -0.1) is 0 Å². The Morgan fingerprint density at radius 1 is 1.25 bits per heavy atom. The molecule has 1 N–H and O–H groups in total. The quantitative estimate of drug-likeness (QED) is 0.589. The average molecular weight is 225 g/mol. The maximum absolute atomic E-state index is 10.3. The zero-order valence-electron chi connectivity index (χ0n) is 5.64. The number of halogens is 3. The van der Waals surface area contributed by atoms with Crippen LogP contribution in [-0.2, 0) is 0 Å². The molecular formula is C7H3Cl3O2. The predicted octanol–water partition coefficient (Wildman–Crippen LogP) is 3.16. The summed E-state index contributed by atoms with van der Waals surface area (Å²) in [5.41, 5.74) is 0.0226. The van der Waals surface area contributed by atoms with E-state index in [-0.39, 0.29) is 26.4 Å². The van der Waals surface area contributed by atoms with Crippen molar-refractivity contribution in [1.29, 1.82) is 0 Å². The topological polar surface area (TPSA) is 37.3 Å². The molecule has 0 atom stereocenters. The third kappa shape index (κ3) is 1.51. The van der Waals surface area contributed by atoms with Crippen molar-refractivity contribution in [2.75, 3.05) is 0 Å². The highest BCUT2D eigenvalue weighted by Gasteiger charge is 2.12. The van der Waals surface area contributed by atoms with Crippen LogP contribution in [0.1, 0.15) is 10.4 Å². The molecule has 12 heavy (non-hydrogen) atoms. The molecule has 0 radical (unpaired) electrons. The summed E-state index contributed by atoms with van der Waals surface area (Å²) in [5, 5.41) is 9.27. The van der Waals surface area contributed by atoms with E-state index in [9.17, 15) is 9.90 Å². The van der Waals surface area contributed by atoms with Crippen molar-refractivity contribution >= 4 is 41.1 Å². The molecule has 64 valence electrons. The summed E-state index contributed by atoms with van der Waals surface area (Å²) in [6.45, 7) is 0. The summed E-state index contributed by atoms with van der Waals surface area (Å²) in [6.07, 6.45) is 0.448. The lowest BCUT2D eigenvalue weighted by molar-refractivity contribution is 0.112. The third-order valence-electron chi connectivity index (χ3n) is 1.29. The maximum Gasteiger partial charge on any atom is 0.153 e. The molecule has 0 aliphatic carbocycles. The minimum absolute atomic E-state index is 0.0226. The van der Waals surface area contributed by atoms with Gasteiger partial charge in [0, 0.05) is 0 Å². The molecule has 0 fully saturated rings. The van der Waals surface area contributed by atoms with Crippen molar-refractivity contribution in [3.63, 3.8) is 0 Å². The molecule has 0 aromatic heterocycles. The van der Waals surface area contributed by atoms with Crippen LogP contribution in [0.2, 0.25) is 15.1 Å². The third-order valence-corrected chi connectivity index (χ3v) is 2.55. The zero-order valence-corrected chi connectivity index (χ0v) is 7.91. The Kier molecular flexibility index (Phi) is 2.83. The highest BCUT2D eigenvalue weighted by atomic mass is 35.5. The Morgan fingerprint density at radius 3 is 2.33 bits per heavy atom. The summed E-state index contributed by atoms with van der Waals surface area (Å²) < 4.78 is 0. The molecule has 5 heteroatoms. The van der Waals surface area contributed by atoms with Crippen LogP contribution < -0.4 is 0 Å². The Bertz CT molecular complexity index is 336. The van der Waals surface area contributed by atoms with Crippen molar-refractivity contribution < 1.29 is 9.90 Å². The lowest BCUT2D eigenvalue weighted by Gasteiger charge is -2.03. The molecule has 0 saturated heterocycles. The van der Waals surface area contributed by atoms with Crippen molar-refractivity contribution in [3.8, 4) is 5.75 Å². The van der Waals surface area contributed by atoms with Gasteiger partial charge in [-0.25, -0.2) is 0 Å². The van der Waals surface area contributed by atoms with Gasteiger partial charge in [-0.3, -0.25) is 4.79 Å². The molecule has 2 nitrogen and oxygen atoms in total. The fraction of sp³-hybridized carbons (Fsp3) is 0. The maximum atomic E-state index is 10.3. The Labute approximate surface area is 83.7 Å². The van der Waals surface area contributed by atoms with E-state index in [1.807, 2.05) is 0 Å². The smallest absolute Gasteiger partial charge is 0.153 e. The molecule has 0 spiro atoms. The number of aldehydes is 1. The molecule has 0 aliphatic heterocycles. The molecule has 0 aliphatic rings. The molecular weight excluding hydrogens is 222 g/mol. The standard InChI is InChI=1S/C7H3Cl3O2/c8-4-1-3(2-11)7(12)6(10)5(4)9/h1-2,12H. The first-order chi connectivity index (χ1) is 5.57. The minimum atomic E-state index is -0.346. The van der Waals surface area contributed by atoms with Gasteiger partial charge in [-0.05, 0) is 6.07 Å². The largest absolute Gasteiger partial charge is 0.506 e. The number of phenolic OH excluding ortho intramolecular Hbond substituents is 1. The van der Waals surface area contributed by atoms with E-state index in [2.05, 4.69) is 0 Å². The van der Waals surface area contributed by atoms with Crippen molar-refractivity contribution in [3.05, 3.63) is 26.7 Å². The van der Waals surface area contributed by atoms with E-state index < -0.39 is 0 Å². The van der Waals surface area contributed by atoms with Gasteiger partial charge in [0.2, 0.25) is 0 Å². The van der Waals surface area contributed by atoms with E-state index in [4.69, 9.17) is 34.8 Å². The predicted molar refractivity (Wildman–Crippen MR) is 48.5 cm³/mol. The molecule has 1 aromatic carbocycles. The van der Waals surface area contributed by atoms with Crippen molar-refractivity contribution in [2.45, 2.75) is 0 Å². The summed E-state index contributed by atoms with van der Waals surface area (Å²) in [7, 11) is 0. The van der Waals surface area contributed by atoms with Gasteiger partial charge in [0.1, 0.15) is 10.8 Å². The number of carbonyl (C=O) groups excluding carboxylic acids is 1. The molecule has 1 aromatic rings. The second-order valence-corrected chi connectivity index (χ2v) is 3.21. The number of phenols is 1. The fourth-order valence-corrected chi connectivity index (χ4v) is 1.31. The average Bonchev–Trinajstić information content (AvgIpc) is 2.08. The first kappa shape index (κ1) is 9.65. The number of carbonyl (C=O) groups is 1. The lowest BCUT2D eigenvalue weighted by atomic mass is 10.2. The van der Waals surface area contributed by atoms with Crippen LogP contribution in [0.15, 0.2) is 6.07 Å². The summed E-state index contributed by atoms with van der Waals surface area (Å²) in [5.74, 6) is -0.346. The van der Waals surface area contributed by atoms with Gasteiger partial charge >= 0.3 is 0 Å². The first-order valence-corrected chi connectivity index (χ1v) is 4.03. The normalized spacial score (nSPS) is 9.92. The van der Waals surface area contributed by atoms with Gasteiger partial charge in [-0.1, -0.05) is 34.8 Å². The fourth-order valence-electron chi connectivity index (χ4n) is 0.694. The number of hydrogen-bond acceptors (Lipinski definition) is 2. The van der Waals surface area contributed by atoms with Crippen LogP contribution in [-0.4, -0.2) is 11.4 Å². The molecule has 0 bridgehead atoms. The number of benzene rings is 1. The highest BCUT2D eigenvalue weighted by Crippen LogP contribution is 2.38. The van der Waals surface area contributed by atoms with Gasteiger partial charge < -0.3 is 5.11 Å². The van der Waals surface area contributed by atoms with Crippen LogP contribution >= 0.6 is 34.8 Å². The Balaban J connectivity index is 3.49. The van der Waals surface area contributed by atoms with Gasteiger partial charge in [0.05, 0.1) is 15.6 Å². The van der Waals surface area contributed by atoms with E-state index >= 15 is 0 Å². The second-order valence-electron chi connectivity index (χ2n) is 2.04. The summed E-state index contributed by atoms with van der Waals surface area (Å²) in [6, 6.07) is 1.25. The van der Waals surface area contributed by atoms with Crippen LogP contribution in [0.4, 0.5) is 0 Å².